The SMILES string of the molecule is COc1cccc(C(=O)CSc2cccc(NC(=O)/C(=C/c3cccnc3)NC(=O)c3ccccc3)c2)c1. The Morgan fingerprint density at radius 3 is 2.45 bits per heavy atom. The summed E-state index contributed by atoms with van der Waals surface area (Å²) in [6.07, 6.45) is 4.79. The molecular weight excluding hydrogens is 498 g/mol. The Morgan fingerprint density at radius 2 is 1.68 bits per heavy atom. The highest BCUT2D eigenvalue weighted by molar-refractivity contribution is 8.00. The topological polar surface area (TPSA) is 97.4 Å². The quantitative estimate of drug-likeness (QED) is 0.162. The maximum atomic E-state index is 13.2. The molecule has 0 atom stereocenters. The lowest BCUT2D eigenvalue weighted by molar-refractivity contribution is -0.113. The average Bonchev–Trinajstić information content (AvgIpc) is 2.96. The molecule has 7 nitrogen and oxygen atoms in total. The fourth-order valence-corrected chi connectivity index (χ4v) is 4.31. The van der Waals surface area contributed by atoms with Crippen LogP contribution in [0.5, 0.6) is 5.75 Å². The highest BCUT2D eigenvalue weighted by atomic mass is 32.2. The molecule has 0 saturated carbocycles. The second-order valence-electron chi connectivity index (χ2n) is 8.09. The van der Waals surface area contributed by atoms with Gasteiger partial charge in [0.1, 0.15) is 11.4 Å². The number of Topliss-reactive ketones (excluding diaryl/α,β-unsaturated/α-hetero) is 1. The lowest BCUT2D eigenvalue weighted by Gasteiger charge is -2.12. The first-order valence-corrected chi connectivity index (χ1v) is 12.7. The van der Waals surface area contributed by atoms with Crippen LogP contribution in [0, 0.1) is 0 Å². The van der Waals surface area contributed by atoms with Gasteiger partial charge in [0.25, 0.3) is 11.8 Å². The Kier molecular flexibility index (Phi) is 9.04. The van der Waals surface area contributed by atoms with Gasteiger partial charge >= 0.3 is 0 Å². The van der Waals surface area contributed by atoms with E-state index in [1.54, 1.807) is 104 Å². The van der Waals surface area contributed by atoms with Gasteiger partial charge in [0.15, 0.2) is 5.78 Å². The van der Waals surface area contributed by atoms with E-state index in [9.17, 15) is 14.4 Å². The number of benzene rings is 3. The van der Waals surface area contributed by atoms with Crippen molar-refractivity contribution in [3.63, 3.8) is 0 Å². The number of rotatable bonds is 10. The van der Waals surface area contributed by atoms with E-state index in [1.165, 1.54) is 11.8 Å². The third-order valence-electron chi connectivity index (χ3n) is 5.38. The van der Waals surface area contributed by atoms with Crippen LogP contribution < -0.4 is 15.4 Å². The van der Waals surface area contributed by atoms with E-state index in [1.807, 2.05) is 12.1 Å². The van der Waals surface area contributed by atoms with Gasteiger partial charge in [-0.2, -0.15) is 0 Å². The predicted molar refractivity (Wildman–Crippen MR) is 149 cm³/mol. The molecule has 0 bridgehead atoms. The van der Waals surface area contributed by atoms with Crippen LogP contribution in [0.25, 0.3) is 6.08 Å². The summed E-state index contributed by atoms with van der Waals surface area (Å²) in [5.41, 5.74) is 2.25. The number of nitrogens with zero attached hydrogens (tertiary/aromatic N) is 1. The zero-order chi connectivity index (χ0) is 26.7. The lowest BCUT2D eigenvalue weighted by atomic mass is 10.1. The van der Waals surface area contributed by atoms with Crippen LogP contribution in [0.15, 0.2) is 114 Å². The molecule has 0 radical (unpaired) electrons. The molecule has 0 unspecified atom stereocenters. The van der Waals surface area contributed by atoms with E-state index in [4.69, 9.17) is 4.74 Å². The van der Waals surface area contributed by atoms with E-state index in [-0.39, 0.29) is 17.2 Å². The van der Waals surface area contributed by atoms with Crippen LogP contribution in [0.1, 0.15) is 26.3 Å². The van der Waals surface area contributed by atoms with Gasteiger partial charge < -0.3 is 15.4 Å². The molecule has 3 aromatic carbocycles. The van der Waals surface area contributed by atoms with E-state index in [2.05, 4.69) is 15.6 Å². The van der Waals surface area contributed by atoms with Gasteiger partial charge in [0.05, 0.1) is 12.9 Å². The Balaban J connectivity index is 1.46. The second-order valence-corrected chi connectivity index (χ2v) is 9.14. The van der Waals surface area contributed by atoms with Crippen LogP contribution in [-0.2, 0) is 4.79 Å². The molecular formula is C30H25N3O4S. The summed E-state index contributed by atoms with van der Waals surface area (Å²) in [5, 5.41) is 5.54. The fraction of sp³-hybridized carbons (Fsp3) is 0.0667. The minimum atomic E-state index is -0.493. The summed E-state index contributed by atoms with van der Waals surface area (Å²) in [5.74, 6) is -0.0816. The van der Waals surface area contributed by atoms with Crippen LogP contribution in [0.4, 0.5) is 5.69 Å². The summed E-state index contributed by atoms with van der Waals surface area (Å²) < 4.78 is 5.19. The number of ether oxygens (including phenoxy) is 1. The smallest absolute Gasteiger partial charge is 0.272 e. The minimum Gasteiger partial charge on any atom is -0.497 e. The Hall–Kier alpha value is -4.69. The largest absolute Gasteiger partial charge is 0.497 e. The molecule has 4 rings (SSSR count). The average molecular weight is 524 g/mol. The van der Waals surface area contributed by atoms with Crippen LogP contribution in [-0.4, -0.2) is 35.4 Å². The number of thioether (sulfide) groups is 1. The molecule has 0 spiro atoms. The van der Waals surface area contributed by atoms with E-state index in [0.717, 1.165) is 4.90 Å². The molecule has 1 heterocycles. The summed E-state index contributed by atoms with van der Waals surface area (Å²) in [6.45, 7) is 0. The molecule has 0 aliphatic heterocycles. The van der Waals surface area contributed by atoms with Crippen molar-refractivity contribution in [2.45, 2.75) is 4.90 Å². The van der Waals surface area contributed by atoms with Crippen molar-refractivity contribution in [1.82, 2.24) is 10.3 Å². The summed E-state index contributed by atoms with van der Waals surface area (Å²) >= 11 is 1.36. The monoisotopic (exact) mass is 523 g/mol. The van der Waals surface area contributed by atoms with Crippen LogP contribution in [0.2, 0.25) is 0 Å². The number of amides is 2. The van der Waals surface area contributed by atoms with Gasteiger partial charge in [0.2, 0.25) is 0 Å². The molecule has 0 saturated heterocycles. The van der Waals surface area contributed by atoms with Crippen molar-refractivity contribution in [3.8, 4) is 5.75 Å². The summed E-state index contributed by atoms with van der Waals surface area (Å²) in [6, 6.07) is 26.4. The number of carbonyl (C=O) groups excluding carboxylic acids is 3. The number of carbonyl (C=O) groups is 3. The van der Waals surface area contributed by atoms with E-state index < -0.39 is 11.8 Å². The molecule has 38 heavy (non-hydrogen) atoms. The van der Waals surface area contributed by atoms with Gasteiger partial charge in [-0.25, -0.2) is 0 Å². The van der Waals surface area contributed by atoms with Crippen molar-refractivity contribution >= 4 is 41.1 Å². The molecule has 0 aliphatic carbocycles. The number of ketones is 1. The molecule has 1 aromatic heterocycles. The number of methoxy groups -OCH3 is 1. The van der Waals surface area contributed by atoms with Crippen molar-refractivity contribution in [2.75, 3.05) is 18.2 Å². The third kappa shape index (κ3) is 7.41. The minimum absolute atomic E-state index is 0.0337. The molecule has 4 aromatic rings. The maximum absolute atomic E-state index is 13.2. The molecule has 2 amide bonds. The zero-order valence-electron chi connectivity index (χ0n) is 20.6. The first kappa shape index (κ1) is 26.4. The Bertz CT molecular complexity index is 1460. The zero-order valence-corrected chi connectivity index (χ0v) is 21.4. The van der Waals surface area contributed by atoms with Gasteiger partial charge in [0, 0.05) is 34.1 Å². The normalized spacial score (nSPS) is 10.9. The van der Waals surface area contributed by atoms with Crippen LogP contribution in [0.3, 0.4) is 0 Å². The predicted octanol–water partition coefficient (Wildman–Crippen LogP) is 5.47. The number of anilines is 1. The Morgan fingerprint density at radius 1 is 0.895 bits per heavy atom. The lowest BCUT2D eigenvalue weighted by Crippen LogP contribution is -2.30. The van der Waals surface area contributed by atoms with E-state index >= 15 is 0 Å². The number of hydrogen-bond donors (Lipinski definition) is 2. The van der Waals surface area contributed by atoms with Gasteiger partial charge in [-0.05, 0) is 60.2 Å². The number of hydrogen-bond acceptors (Lipinski definition) is 6. The standard InChI is InChI=1S/C30H25N3O4S/c1-37-25-13-5-11-23(17-25)28(34)20-38-26-14-6-12-24(18-26)32-30(36)27(16-21-8-7-15-31-19-21)33-29(35)22-9-3-2-4-10-22/h2-19H,20H2,1H3,(H,32,36)(H,33,35)/b27-16-. The second kappa shape index (κ2) is 13.0. The summed E-state index contributed by atoms with van der Waals surface area (Å²) in [7, 11) is 1.56. The third-order valence-corrected chi connectivity index (χ3v) is 6.37. The van der Waals surface area contributed by atoms with Crippen molar-refractivity contribution in [3.05, 3.63) is 126 Å². The molecule has 0 fully saturated rings. The molecule has 8 heteroatoms. The van der Waals surface area contributed by atoms with Gasteiger partial charge in [-0.15, -0.1) is 11.8 Å². The number of pyridine rings is 1. The van der Waals surface area contributed by atoms with E-state index in [0.29, 0.717) is 28.1 Å². The summed E-state index contributed by atoms with van der Waals surface area (Å²) in [4.78, 5) is 43.5. The molecule has 0 aliphatic rings. The first-order valence-electron chi connectivity index (χ1n) is 11.7. The van der Waals surface area contributed by atoms with Crippen molar-refractivity contribution in [2.24, 2.45) is 0 Å². The van der Waals surface area contributed by atoms with Crippen molar-refractivity contribution < 1.29 is 19.1 Å². The number of aromatic nitrogens is 1. The maximum Gasteiger partial charge on any atom is 0.272 e. The first-order chi connectivity index (χ1) is 18.5. The number of nitrogens with one attached hydrogen (secondary N) is 2. The molecule has 2 N–H and O–H groups in total. The van der Waals surface area contributed by atoms with Gasteiger partial charge in [-0.1, -0.05) is 42.5 Å². The van der Waals surface area contributed by atoms with Crippen molar-refractivity contribution in [1.29, 1.82) is 0 Å². The highest BCUT2D eigenvalue weighted by Crippen LogP contribution is 2.24. The van der Waals surface area contributed by atoms with Crippen LogP contribution >= 0.6 is 11.8 Å². The van der Waals surface area contributed by atoms with Gasteiger partial charge in [-0.3, -0.25) is 19.4 Å². The molecule has 190 valence electrons. The highest BCUT2D eigenvalue weighted by Gasteiger charge is 2.16. The fourth-order valence-electron chi connectivity index (χ4n) is 3.46. The Labute approximate surface area is 225 Å².